The summed E-state index contributed by atoms with van der Waals surface area (Å²) in [6, 6.07) is 9.36. The van der Waals surface area contributed by atoms with Crippen molar-refractivity contribution in [1.82, 2.24) is 14.8 Å². The smallest absolute Gasteiger partial charge is 0.341 e. The fourth-order valence-corrected chi connectivity index (χ4v) is 5.59. The first-order valence-corrected chi connectivity index (χ1v) is 12.6. The third kappa shape index (κ3) is 4.84. The van der Waals surface area contributed by atoms with Crippen molar-refractivity contribution < 1.29 is 14.3 Å². The van der Waals surface area contributed by atoms with Gasteiger partial charge in [-0.15, -0.1) is 21.5 Å². The number of carbonyl (C=O) groups is 2. The number of thioether (sulfide) groups is 1. The van der Waals surface area contributed by atoms with Crippen molar-refractivity contribution in [2.45, 2.75) is 44.3 Å². The normalized spacial score (nSPS) is 13.2. The molecule has 0 saturated heterocycles. The fourth-order valence-electron chi connectivity index (χ4n) is 3.39. The third-order valence-corrected chi connectivity index (χ3v) is 7.28. The number of nitrogens with zero attached hydrogens (tertiary/aromatic N) is 3. The van der Waals surface area contributed by atoms with Gasteiger partial charge in [0.05, 0.1) is 12.4 Å². The summed E-state index contributed by atoms with van der Waals surface area (Å²) in [4.78, 5) is 25.5. The maximum absolute atomic E-state index is 12.8. The second kappa shape index (κ2) is 10.1. The quantitative estimate of drug-likeness (QED) is 0.316. The van der Waals surface area contributed by atoms with Crippen LogP contribution in [0.2, 0.25) is 4.34 Å². The minimum absolute atomic E-state index is 0.140. The standard InChI is InChI=1S/C22H23ClN4O3S2/c1-3-27-19(14-10-11-14)25-26-22(27)31-12-15(28)24-20-17(21(29)30-4-2)16(18(23)32-20)13-8-6-5-7-9-13/h5-9,14H,3-4,10-12H2,1-2H3,(H,24,28). The van der Waals surface area contributed by atoms with Crippen LogP contribution in [0.5, 0.6) is 0 Å². The number of nitrogens with one attached hydrogen (secondary N) is 1. The van der Waals surface area contributed by atoms with E-state index >= 15 is 0 Å². The van der Waals surface area contributed by atoms with Gasteiger partial charge in [-0.3, -0.25) is 4.79 Å². The van der Waals surface area contributed by atoms with Gasteiger partial charge in [0.1, 0.15) is 20.7 Å². The SMILES string of the molecule is CCOC(=O)c1c(NC(=O)CSc2nnc(C3CC3)n2CC)sc(Cl)c1-c1ccccc1. The first-order chi connectivity index (χ1) is 15.5. The van der Waals surface area contributed by atoms with Crippen molar-refractivity contribution in [1.29, 1.82) is 0 Å². The highest BCUT2D eigenvalue weighted by Crippen LogP contribution is 2.44. The van der Waals surface area contributed by atoms with Gasteiger partial charge in [-0.1, -0.05) is 53.7 Å². The molecule has 168 valence electrons. The minimum atomic E-state index is -0.516. The molecule has 0 atom stereocenters. The second-order valence-electron chi connectivity index (χ2n) is 7.24. The number of hydrogen-bond donors (Lipinski definition) is 1. The number of ether oxygens (including phenoxy) is 1. The first-order valence-electron chi connectivity index (χ1n) is 10.4. The molecule has 32 heavy (non-hydrogen) atoms. The molecule has 1 N–H and O–H groups in total. The fraction of sp³-hybridized carbons (Fsp3) is 0.364. The highest BCUT2D eigenvalue weighted by atomic mass is 35.5. The summed E-state index contributed by atoms with van der Waals surface area (Å²) in [5.74, 6) is 0.857. The van der Waals surface area contributed by atoms with E-state index in [9.17, 15) is 9.59 Å². The van der Waals surface area contributed by atoms with Gasteiger partial charge in [-0.25, -0.2) is 4.79 Å². The Morgan fingerprint density at radius 1 is 1.25 bits per heavy atom. The molecule has 1 aliphatic rings. The lowest BCUT2D eigenvalue weighted by Gasteiger charge is -2.09. The van der Waals surface area contributed by atoms with Gasteiger partial charge in [0.15, 0.2) is 5.16 Å². The zero-order valence-electron chi connectivity index (χ0n) is 17.8. The Kier molecular flexibility index (Phi) is 7.17. The molecular weight excluding hydrogens is 468 g/mol. The maximum atomic E-state index is 12.8. The summed E-state index contributed by atoms with van der Waals surface area (Å²) in [6.45, 7) is 4.77. The van der Waals surface area contributed by atoms with E-state index in [0.717, 1.165) is 47.3 Å². The van der Waals surface area contributed by atoms with E-state index in [4.69, 9.17) is 16.3 Å². The van der Waals surface area contributed by atoms with Gasteiger partial charge in [0.2, 0.25) is 5.91 Å². The van der Waals surface area contributed by atoms with E-state index in [0.29, 0.717) is 20.8 Å². The van der Waals surface area contributed by atoms with Crippen LogP contribution in [0.15, 0.2) is 35.5 Å². The molecule has 0 aliphatic heterocycles. The number of anilines is 1. The molecule has 1 fully saturated rings. The zero-order chi connectivity index (χ0) is 22.7. The predicted molar refractivity (Wildman–Crippen MR) is 128 cm³/mol. The van der Waals surface area contributed by atoms with E-state index in [1.54, 1.807) is 6.92 Å². The number of thiophene rings is 1. The number of hydrogen-bond acceptors (Lipinski definition) is 7. The van der Waals surface area contributed by atoms with Crippen molar-refractivity contribution >= 4 is 51.6 Å². The van der Waals surface area contributed by atoms with Crippen molar-refractivity contribution in [2.75, 3.05) is 17.7 Å². The number of carbonyl (C=O) groups excluding carboxylic acids is 2. The molecular formula is C22H23ClN4O3S2. The Labute approximate surface area is 199 Å². The highest BCUT2D eigenvalue weighted by Gasteiger charge is 2.30. The topological polar surface area (TPSA) is 86.1 Å². The Balaban J connectivity index is 1.53. The molecule has 7 nitrogen and oxygen atoms in total. The van der Waals surface area contributed by atoms with Gasteiger partial charge in [0, 0.05) is 18.0 Å². The minimum Gasteiger partial charge on any atom is -0.462 e. The second-order valence-corrected chi connectivity index (χ2v) is 9.80. The van der Waals surface area contributed by atoms with Crippen molar-refractivity contribution in [3.63, 3.8) is 0 Å². The van der Waals surface area contributed by atoms with Crippen molar-refractivity contribution in [2.24, 2.45) is 0 Å². The van der Waals surface area contributed by atoms with Gasteiger partial charge in [-0.2, -0.15) is 0 Å². The summed E-state index contributed by atoms with van der Waals surface area (Å²) in [5, 5.41) is 12.5. The summed E-state index contributed by atoms with van der Waals surface area (Å²) in [6.07, 6.45) is 2.28. The van der Waals surface area contributed by atoms with E-state index in [2.05, 4.69) is 20.1 Å². The van der Waals surface area contributed by atoms with Gasteiger partial charge in [0.25, 0.3) is 0 Å². The van der Waals surface area contributed by atoms with Gasteiger partial charge < -0.3 is 14.6 Å². The largest absolute Gasteiger partial charge is 0.462 e. The lowest BCUT2D eigenvalue weighted by atomic mass is 10.0. The average Bonchev–Trinajstić information content (AvgIpc) is 3.46. The van der Waals surface area contributed by atoms with Crippen LogP contribution in [0.4, 0.5) is 5.00 Å². The third-order valence-electron chi connectivity index (χ3n) is 5.00. The summed E-state index contributed by atoms with van der Waals surface area (Å²) < 4.78 is 7.73. The number of esters is 1. The monoisotopic (exact) mass is 490 g/mol. The van der Waals surface area contributed by atoms with E-state index < -0.39 is 5.97 Å². The lowest BCUT2D eigenvalue weighted by Crippen LogP contribution is -2.17. The van der Waals surface area contributed by atoms with Crippen LogP contribution in [0.25, 0.3) is 11.1 Å². The molecule has 1 aliphatic carbocycles. The molecule has 0 spiro atoms. The molecule has 2 aromatic heterocycles. The van der Waals surface area contributed by atoms with Crippen LogP contribution in [-0.2, 0) is 16.1 Å². The molecule has 3 aromatic rings. The van der Waals surface area contributed by atoms with Crippen LogP contribution in [-0.4, -0.2) is 39.0 Å². The van der Waals surface area contributed by atoms with Crippen LogP contribution in [0.3, 0.4) is 0 Å². The molecule has 10 heteroatoms. The van der Waals surface area contributed by atoms with Crippen LogP contribution < -0.4 is 5.32 Å². The molecule has 0 bridgehead atoms. The van der Waals surface area contributed by atoms with Gasteiger partial charge in [-0.05, 0) is 32.3 Å². The maximum Gasteiger partial charge on any atom is 0.341 e. The highest BCUT2D eigenvalue weighted by molar-refractivity contribution is 7.99. The number of rotatable bonds is 9. The van der Waals surface area contributed by atoms with Crippen molar-refractivity contribution in [3.05, 3.63) is 46.1 Å². The van der Waals surface area contributed by atoms with Crippen LogP contribution in [0, 0.1) is 0 Å². The van der Waals surface area contributed by atoms with Crippen LogP contribution >= 0.6 is 34.7 Å². The van der Waals surface area contributed by atoms with E-state index in [1.807, 2.05) is 37.3 Å². The Morgan fingerprint density at radius 3 is 2.66 bits per heavy atom. The lowest BCUT2D eigenvalue weighted by molar-refractivity contribution is -0.113. The molecule has 2 heterocycles. The molecule has 4 rings (SSSR count). The summed E-state index contributed by atoms with van der Waals surface area (Å²) in [5.41, 5.74) is 1.63. The Morgan fingerprint density at radius 2 is 2.00 bits per heavy atom. The number of aromatic nitrogens is 3. The molecule has 0 radical (unpaired) electrons. The molecule has 1 aromatic carbocycles. The number of amides is 1. The molecule has 1 saturated carbocycles. The van der Waals surface area contributed by atoms with Crippen molar-refractivity contribution in [3.8, 4) is 11.1 Å². The van der Waals surface area contributed by atoms with Gasteiger partial charge >= 0.3 is 5.97 Å². The number of halogens is 1. The Hall–Kier alpha value is -2.36. The Bertz CT molecular complexity index is 1130. The summed E-state index contributed by atoms with van der Waals surface area (Å²) >= 11 is 8.98. The predicted octanol–water partition coefficient (Wildman–Crippen LogP) is 5.46. The molecule has 0 unspecified atom stereocenters. The molecule has 1 amide bonds. The average molecular weight is 491 g/mol. The zero-order valence-corrected chi connectivity index (χ0v) is 20.1. The number of benzene rings is 1. The van der Waals surface area contributed by atoms with Crippen LogP contribution in [0.1, 0.15) is 48.8 Å². The first kappa shape index (κ1) is 22.8. The van der Waals surface area contributed by atoms with E-state index in [1.165, 1.54) is 11.8 Å². The van der Waals surface area contributed by atoms with E-state index in [-0.39, 0.29) is 23.8 Å². The summed E-state index contributed by atoms with van der Waals surface area (Å²) in [7, 11) is 0.